The molecule has 0 aliphatic rings. The number of nitrogens with zero attached hydrogens (tertiary/aromatic N) is 1. The second-order valence-corrected chi connectivity index (χ2v) is 7.88. The van der Waals surface area contributed by atoms with E-state index in [4.69, 9.17) is 0 Å². The van der Waals surface area contributed by atoms with Gasteiger partial charge in [0.25, 0.3) is 0 Å². The van der Waals surface area contributed by atoms with Crippen molar-refractivity contribution in [2.75, 3.05) is 18.0 Å². The highest BCUT2D eigenvalue weighted by atomic mass is 19.1. The number of carbonyl (C=O) groups is 2. The standard InChI is InChI=1S/C23H29FN2O2/c1-17(27)26(21-12-8-6-10-19(21)23(2,3)4)16-14-22(28)25-15-13-18-9-5-7-11-20(18)24/h5-12H,13-16H2,1-4H3,(H,25,28). The van der Waals surface area contributed by atoms with Crippen LogP contribution in [-0.4, -0.2) is 24.9 Å². The maximum absolute atomic E-state index is 13.6. The molecule has 0 saturated heterocycles. The van der Waals surface area contributed by atoms with Gasteiger partial charge in [0.15, 0.2) is 0 Å². The lowest BCUT2D eigenvalue weighted by Gasteiger charge is -2.29. The largest absolute Gasteiger partial charge is 0.356 e. The molecule has 2 rings (SSSR count). The summed E-state index contributed by atoms with van der Waals surface area (Å²) in [7, 11) is 0. The first-order valence-corrected chi connectivity index (χ1v) is 9.58. The molecular weight excluding hydrogens is 355 g/mol. The Balaban J connectivity index is 1.96. The Hall–Kier alpha value is -2.69. The molecule has 0 bridgehead atoms. The number of hydrogen-bond acceptors (Lipinski definition) is 2. The smallest absolute Gasteiger partial charge is 0.223 e. The van der Waals surface area contributed by atoms with E-state index in [1.807, 2.05) is 24.3 Å². The summed E-state index contributed by atoms with van der Waals surface area (Å²) in [6.45, 7) is 8.46. The van der Waals surface area contributed by atoms with Gasteiger partial charge in [-0.25, -0.2) is 4.39 Å². The Bertz CT molecular complexity index is 827. The number of rotatable bonds is 7. The molecule has 0 spiro atoms. The fraction of sp³-hybridized carbons (Fsp3) is 0.391. The highest BCUT2D eigenvalue weighted by Crippen LogP contribution is 2.32. The minimum absolute atomic E-state index is 0.101. The van der Waals surface area contributed by atoms with Crippen molar-refractivity contribution in [3.63, 3.8) is 0 Å². The van der Waals surface area contributed by atoms with Crippen molar-refractivity contribution in [2.45, 2.75) is 46.0 Å². The quantitative estimate of drug-likeness (QED) is 0.777. The van der Waals surface area contributed by atoms with Crippen molar-refractivity contribution in [1.29, 1.82) is 0 Å². The Kier molecular flexibility index (Phi) is 7.32. The molecule has 4 nitrogen and oxygen atoms in total. The maximum Gasteiger partial charge on any atom is 0.223 e. The molecule has 2 aromatic carbocycles. The second kappa shape index (κ2) is 9.49. The molecule has 5 heteroatoms. The van der Waals surface area contributed by atoms with Crippen LogP contribution in [0.5, 0.6) is 0 Å². The summed E-state index contributed by atoms with van der Waals surface area (Å²) < 4.78 is 13.6. The van der Waals surface area contributed by atoms with Gasteiger partial charge in [0.05, 0.1) is 0 Å². The predicted octanol–water partition coefficient (Wildman–Crippen LogP) is 4.23. The van der Waals surface area contributed by atoms with Crippen LogP contribution in [0.3, 0.4) is 0 Å². The molecule has 0 atom stereocenters. The number of carbonyl (C=O) groups excluding carboxylic acids is 2. The molecule has 0 saturated carbocycles. The summed E-state index contributed by atoms with van der Waals surface area (Å²) in [6.07, 6.45) is 0.622. The summed E-state index contributed by atoms with van der Waals surface area (Å²) >= 11 is 0. The molecule has 0 fully saturated rings. The number of halogens is 1. The van der Waals surface area contributed by atoms with Crippen LogP contribution in [-0.2, 0) is 21.4 Å². The van der Waals surface area contributed by atoms with E-state index in [0.29, 0.717) is 25.1 Å². The summed E-state index contributed by atoms with van der Waals surface area (Å²) in [5.74, 6) is -0.523. The van der Waals surface area contributed by atoms with E-state index in [9.17, 15) is 14.0 Å². The van der Waals surface area contributed by atoms with Gasteiger partial charge in [-0.05, 0) is 35.1 Å². The summed E-state index contributed by atoms with van der Waals surface area (Å²) in [6, 6.07) is 14.3. The average molecular weight is 384 g/mol. The third-order valence-corrected chi connectivity index (χ3v) is 4.62. The SMILES string of the molecule is CC(=O)N(CCC(=O)NCCc1ccccc1F)c1ccccc1C(C)(C)C. The van der Waals surface area contributed by atoms with Gasteiger partial charge in [0.1, 0.15) is 5.82 Å². The lowest BCUT2D eigenvalue weighted by atomic mass is 9.85. The molecule has 150 valence electrons. The topological polar surface area (TPSA) is 49.4 Å². The first-order valence-electron chi connectivity index (χ1n) is 9.58. The summed E-state index contributed by atoms with van der Waals surface area (Å²) in [5.41, 5.74) is 2.35. The van der Waals surface area contributed by atoms with Crippen LogP contribution in [0.4, 0.5) is 10.1 Å². The van der Waals surface area contributed by atoms with Crippen molar-refractivity contribution in [1.82, 2.24) is 5.32 Å². The van der Waals surface area contributed by atoms with Gasteiger partial charge in [-0.2, -0.15) is 0 Å². The second-order valence-electron chi connectivity index (χ2n) is 7.88. The normalized spacial score (nSPS) is 11.2. The van der Waals surface area contributed by atoms with E-state index in [2.05, 4.69) is 26.1 Å². The summed E-state index contributed by atoms with van der Waals surface area (Å²) in [5, 5.41) is 2.81. The molecule has 2 amide bonds. The minimum Gasteiger partial charge on any atom is -0.356 e. The maximum atomic E-state index is 13.6. The zero-order valence-electron chi connectivity index (χ0n) is 17.1. The van der Waals surface area contributed by atoms with E-state index in [-0.39, 0.29) is 29.5 Å². The van der Waals surface area contributed by atoms with Crippen LogP contribution in [0.15, 0.2) is 48.5 Å². The van der Waals surface area contributed by atoms with Gasteiger partial charge in [-0.1, -0.05) is 57.2 Å². The Morgan fingerprint density at radius 3 is 2.32 bits per heavy atom. The van der Waals surface area contributed by atoms with E-state index in [1.165, 1.54) is 13.0 Å². The van der Waals surface area contributed by atoms with Crippen molar-refractivity contribution < 1.29 is 14.0 Å². The molecule has 0 aliphatic heterocycles. The van der Waals surface area contributed by atoms with Crippen LogP contribution < -0.4 is 10.2 Å². The molecule has 1 N–H and O–H groups in total. The third-order valence-electron chi connectivity index (χ3n) is 4.62. The molecule has 0 aromatic heterocycles. The van der Waals surface area contributed by atoms with E-state index in [1.54, 1.807) is 23.1 Å². The van der Waals surface area contributed by atoms with Crippen molar-refractivity contribution >= 4 is 17.5 Å². The number of anilines is 1. The number of amides is 2. The monoisotopic (exact) mass is 384 g/mol. The summed E-state index contributed by atoms with van der Waals surface area (Å²) in [4.78, 5) is 26.1. The Morgan fingerprint density at radius 1 is 1.04 bits per heavy atom. The zero-order valence-corrected chi connectivity index (χ0v) is 17.1. The van der Waals surface area contributed by atoms with E-state index < -0.39 is 0 Å². The average Bonchev–Trinajstić information content (AvgIpc) is 2.63. The van der Waals surface area contributed by atoms with Gasteiger partial charge < -0.3 is 10.2 Å². The van der Waals surface area contributed by atoms with Crippen LogP contribution in [0, 0.1) is 5.82 Å². The first kappa shape index (κ1) is 21.6. The zero-order chi connectivity index (χ0) is 20.7. The molecule has 0 unspecified atom stereocenters. The highest BCUT2D eigenvalue weighted by Gasteiger charge is 2.23. The fourth-order valence-electron chi connectivity index (χ4n) is 3.13. The van der Waals surface area contributed by atoms with Crippen molar-refractivity contribution in [2.24, 2.45) is 0 Å². The number of benzene rings is 2. The molecule has 28 heavy (non-hydrogen) atoms. The van der Waals surface area contributed by atoms with E-state index in [0.717, 1.165) is 11.3 Å². The highest BCUT2D eigenvalue weighted by molar-refractivity contribution is 5.93. The van der Waals surface area contributed by atoms with Crippen molar-refractivity contribution in [3.05, 3.63) is 65.5 Å². The number of hydrogen-bond donors (Lipinski definition) is 1. The Labute approximate surface area is 166 Å². The van der Waals surface area contributed by atoms with Crippen LogP contribution >= 0.6 is 0 Å². The molecule has 2 aromatic rings. The first-order chi connectivity index (χ1) is 13.2. The molecule has 0 radical (unpaired) electrons. The molecule has 0 aliphatic carbocycles. The minimum atomic E-state index is -0.265. The predicted molar refractivity (Wildman–Crippen MR) is 111 cm³/mol. The van der Waals surface area contributed by atoms with Gasteiger partial charge in [0.2, 0.25) is 11.8 Å². The van der Waals surface area contributed by atoms with Crippen LogP contribution in [0.25, 0.3) is 0 Å². The Morgan fingerprint density at radius 2 is 1.68 bits per heavy atom. The fourth-order valence-corrected chi connectivity index (χ4v) is 3.13. The third kappa shape index (κ3) is 5.91. The van der Waals surface area contributed by atoms with E-state index >= 15 is 0 Å². The molecule has 0 heterocycles. The van der Waals surface area contributed by atoms with Gasteiger partial charge in [-0.3, -0.25) is 9.59 Å². The van der Waals surface area contributed by atoms with Gasteiger partial charge >= 0.3 is 0 Å². The lowest BCUT2D eigenvalue weighted by Crippen LogP contribution is -2.35. The van der Waals surface area contributed by atoms with Gasteiger partial charge in [0, 0.05) is 32.1 Å². The van der Waals surface area contributed by atoms with Crippen LogP contribution in [0.1, 0.15) is 45.2 Å². The number of nitrogens with one attached hydrogen (secondary N) is 1. The number of para-hydroxylation sites is 1. The molecular formula is C23H29FN2O2. The van der Waals surface area contributed by atoms with Crippen LogP contribution in [0.2, 0.25) is 0 Å². The van der Waals surface area contributed by atoms with Crippen molar-refractivity contribution in [3.8, 4) is 0 Å². The van der Waals surface area contributed by atoms with Gasteiger partial charge in [-0.15, -0.1) is 0 Å². The lowest BCUT2D eigenvalue weighted by molar-refractivity contribution is -0.121.